The maximum absolute atomic E-state index is 14.6. The van der Waals surface area contributed by atoms with Gasteiger partial charge in [0, 0.05) is 0 Å². The smallest absolute Gasteiger partial charge is 0.170 e. The van der Waals surface area contributed by atoms with Crippen LogP contribution in [0.4, 0.5) is 13.2 Å². The third kappa shape index (κ3) is 9.17. The van der Waals surface area contributed by atoms with Gasteiger partial charge in [-0.05, 0) is 44.2 Å². The van der Waals surface area contributed by atoms with E-state index in [-0.39, 0.29) is 11.4 Å². The molecule has 0 radical (unpaired) electrons. The van der Waals surface area contributed by atoms with Gasteiger partial charge in [0.1, 0.15) is 0 Å². The maximum atomic E-state index is 14.6. The minimum Gasteiger partial charge on any atom is -0.490 e. The highest BCUT2D eigenvalue weighted by molar-refractivity contribution is 5.57. The number of ether oxygens (including phenoxy) is 1. The van der Waals surface area contributed by atoms with Crippen molar-refractivity contribution in [3.63, 3.8) is 0 Å². The van der Waals surface area contributed by atoms with Crippen LogP contribution in [0.25, 0.3) is 11.4 Å². The summed E-state index contributed by atoms with van der Waals surface area (Å²) in [6.45, 7) is 4.32. The fourth-order valence-corrected chi connectivity index (χ4v) is 3.65. The van der Waals surface area contributed by atoms with Gasteiger partial charge in [-0.3, -0.25) is 0 Å². The molecule has 0 N–H and O–H groups in total. The third-order valence-corrected chi connectivity index (χ3v) is 5.60. The highest BCUT2D eigenvalue weighted by Gasteiger charge is 2.16. The van der Waals surface area contributed by atoms with E-state index in [4.69, 9.17) is 4.74 Å². The molecule has 32 heavy (non-hydrogen) atoms. The van der Waals surface area contributed by atoms with Crippen LogP contribution in [0.3, 0.4) is 0 Å². The Kier molecular flexibility index (Phi) is 12.1. The second-order valence-electron chi connectivity index (χ2n) is 8.49. The van der Waals surface area contributed by atoms with Crippen LogP contribution in [0.1, 0.15) is 90.0 Å². The minimum absolute atomic E-state index is 0.0262. The fraction of sp³-hybridized carbons (Fsp3) is 0.615. The van der Waals surface area contributed by atoms with Crippen LogP contribution >= 0.6 is 0 Å². The average molecular weight is 451 g/mol. The molecule has 3 nitrogen and oxygen atoms in total. The van der Waals surface area contributed by atoms with E-state index in [0.29, 0.717) is 43.6 Å². The van der Waals surface area contributed by atoms with E-state index in [1.807, 2.05) is 0 Å². The van der Waals surface area contributed by atoms with E-state index in [0.717, 1.165) is 12.8 Å². The molecule has 178 valence electrons. The SMILES string of the molecule is CCCCCCCCCCOc1cnc(-c2ccc(CCCCC(C)F)c(F)c2F)nc1. The molecule has 1 heterocycles. The molecule has 0 saturated heterocycles. The van der Waals surface area contributed by atoms with E-state index in [9.17, 15) is 13.2 Å². The number of aromatic nitrogens is 2. The Morgan fingerprint density at radius 1 is 0.844 bits per heavy atom. The molecule has 0 saturated carbocycles. The first kappa shape index (κ1) is 26.1. The van der Waals surface area contributed by atoms with Gasteiger partial charge in [0.25, 0.3) is 0 Å². The van der Waals surface area contributed by atoms with Crippen molar-refractivity contribution in [1.29, 1.82) is 0 Å². The van der Waals surface area contributed by atoms with Crippen molar-refractivity contribution in [2.24, 2.45) is 0 Å². The molecule has 6 heteroatoms. The Morgan fingerprint density at radius 2 is 1.50 bits per heavy atom. The molecule has 0 aliphatic heterocycles. The van der Waals surface area contributed by atoms with Gasteiger partial charge in [-0.1, -0.05) is 64.4 Å². The molecule has 1 aromatic carbocycles. The number of hydrogen-bond acceptors (Lipinski definition) is 3. The lowest BCUT2D eigenvalue weighted by molar-refractivity contribution is 0.302. The molecule has 0 amide bonds. The molecular formula is C26H37F3N2O. The summed E-state index contributed by atoms with van der Waals surface area (Å²) in [6.07, 6.45) is 14.0. The summed E-state index contributed by atoms with van der Waals surface area (Å²) in [5.41, 5.74) is 0.321. The largest absolute Gasteiger partial charge is 0.490 e. The summed E-state index contributed by atoms with van der Waals surface area (Å²) in [5.74, 6) is -1.18. The topological polar surface area (TPSA) is 35.0 Å². The number of benzene rings is 1. The van der Waals surface area contributed by atoms with Gasteiger partial charge in [0.2, 0.25) is 0 Å². The average Bonchev–Trinajstić information content (AvgIpc) is 2.79. The van der Waals surface area contributed by atoms with Crippen molar-refractivity contribution < 1.29 is 17.9 Å². The normalized spacial score (nSPS) is 12.2. The summed E-state index contributed by atoms with van der Waals surface area (Å²) >= 11 is 0. The lowest BCUT2D eigenvalue weighted by atomic mass is 10.0. The number of aryl methyl sites for hydroxylation is 1. The third-order valence-electron chi connectivity index (χ3n) is 5.60. The van der Waals surface area contributed by atoms with Crippen LogP contribution in [0.5, 0.6) is 5.75 Å². The first-order chi connectivity index (χ1) is 15.5. The molecular weight excluding hydrogens is 413 g/mol. The minimum atomic E-state index is -0.950. The van der Waals surface area contributed by atoms with E-state index in [2.05, 4.69) is 16.9 Å². The van der Waals surface area contributed by atoms with Crippen molar-refractivity contribution in [1.82, 2.24) is 9.97 Å². The van der Waals surface area contributed by atoms with Crippen molar-refractivity contribution in [3.8, 4) is 17.1 Å². The van der Waals surface area contributed by atoms with Crippen molar-refractivity contribution in [3.05, 3.63) is 41.7 Å². The molecule has 2 aromatic rings. The van der Waals surface area contributed by atoms with Gasteiger partial charge in [-0.2, -0.15) is 0 Å². The highest BCUT2D eigenvalue weighted by Crippen LogP contribution is 2.25. The standard InChI is InChI=1S/C26H37F3N2O/c1-3-4-5-6-7-8-9-12-17-32-22-18-30-26(31-19-22)23-16-15-21(24(28)25(23)29)14-11-10-13-20(2)27/h15-16,18-20H,3-14,17H2,1-2H3. The second kappa shape index (κ2) is 14.9. The van der Waals surface area contributed by atoms with Gasteiger partial charge in [-0.15, -0.1) is 0 Å². The van der Waals surface area contributed by atoms with Gasteiger partial charge < -0.3 is 4.74 Å². The quantitative estimate of drug-likeness (QED) is 0.243. The first-order valence-corrected chi connectivity index (χ1v) is 12.1. The summed E-state index contributed by atoms with van der Waals surface area (Å²) in [7, 11) is 0. The van der Waals surface area contributed by atoms with Crippen molar-refractivity contribution in [2.45, 2.75) is 97.1 Å². The molecule has 1 aromatic heterocycles. The molecule has 0 spiro atoms. The zero-order chi connectivity index (χ0) is 23.2. The summed E-state index contributed by atoms with van der Waals surface area (Å²) in [5, 5.41) is 0. The van der Waals surface area contributed by atoms with Gasteiger partial charge in [0.15, 0.2) is 23.2 Å². The number of halogens is 3. The predicted octanol–water partition coefficient (Wildman–Crippen LogP) is 8.01. The number of nitrogens with zero attached hydrogens (tertiary/aromatic N) is 2. The highest BCUT2D eigenvalue weighted by atomic mass is 19.2. The summed E-state index contributed by atoms with van der Waals surface area (Å²) in [4.78, 5) is 8.30. The molecule has 0 aliphatic carbocycles. The lowest BCUT2D eigenvalue weighted by Crippen LogP contribution is -2.02. The summed E-state index contributed by atoms with van der Waals surface area (Å²) < 4.78 is 47.5. The molecule has 0 bridgehead atoms. The van der Waals surface area contributed by atoms with E-state index in [1.54, 1.807) is 6.07 Å². The molecule has 0 aliphatic rings. The Labute approximate surface area is 190 Å². The van der Waals surface area contributed by atoms with Gasteiger partial charge in [0.05, 0.1) is 30.7 Å². The zero-order valence-electron chi connectivity index (χ0n) is 19.5. The van der Waals surface area contributed by atoms with E-state index in [1.165, 1.54) is 63.9 Å². The molecule has 1 unspecified atom stereocenters. The van der Waals surface area contributed by atoms with E-state index >= 15 is 0 Å². The molecule has 2 rings (SSSR count). The molecule has 1 atom stereocenters. The van der Waals surface area contributed by atoms with Crippen LogP contribution < -0.4 is 4.74 Å². The van der Waals surface area contributed by atoms with Gasteiger partial charge >= 0.3 is 0 Å². The predicted molar refractivity (Wildman–Crippen MR) is 124 cm³/mol. The van der Waals surface area contributed by atoms with Crippen LogP contribution in [-0.2, 0) is 6.42 Å². The van der Waals surface area contributed by atoms with E-state index < -0.39 is 17.8 Å². The second-order valence-corrected chi connectivity index (χ2v) is 8.49. The first-order valence-electron chi connectivity index (χ1n) is 12.1. The van der Waals surface area contributed by atoms with Crippen LogP contribution in [0.2, 0.25) is 0 Å². The number of unbranched alkanes of at least 4 members (excludes halogenated alkanes) is 8. The summed E-state index contributed by atoms with van der Waals surface area (Å²) in [6, 6.07) is 3.06. The Hall–Kier alpha value is -2.11. The molecule has 0 fully saturated rings. The van der Waals surface area contributed by atoms with Crippen molar-refractivity contribution in [2.75, 3.05) is 6.61 Å². The van der Waals surface area contributed by atoms with Crippen molar-refractivity contribution >= 4 is 0 Å². The lowest BCUT2D eigenvalue weighted by Gasteiger charge is -2.09. The zero-order valence-corrected chi connectivity index (χ0v) is 19.5. The Morgan fingerprint density at radius 3 is 2.16 bits per heavy atom. The fourth-order valence-electron chi connectivity index (χ4n) is 3.65. The maximum Gasteiger partial charge on any atom is 0.170 e. The number of rotatable bonds is 16. The Bertz CT molecular complexity index is 781. The monoisotopic (exact) mass is 450 g/mol. The number of alkyl halides is 1. The Balaban J connectivity index is 1.78. The van der Waals surface area contributed by atoms with Crippen LogP contribution in [-0.4, -0.2) is 22.7 Å². The number of hydrogen-bond donors (Lipinski definition) is 0. The van der Waals surface area contributed by atoms with Crippen LogP contribution in [0.15, 0.2) is 24.5 Å². The van der Waals surface area contributed by atoms with Crippen LogP contribution in [0, 0.1) is 11.6 Å². The van der Waals surface area contributed by atoms with Gasteiger partial charge in [-0.25, -0.2) is 23.1 Å².